The summed E-state index contributed by atoms with van der Waals surface area (Å²) in [5.41, 5.74) is -3.03. The molecule has 0 amide bonds. The number of hydrogen-bond donors (Lipinski definition) is 3. The molecule has 3 aromatic rings. The summed E-state index contributed by atoms with van der Waals surface area (Å²) in [6, 6.07) is 7.78. The van der Waals surface area contributed by atoms with E-state index in [0.29, 0.717) is 11.0 Å². The Morgan fingerprint density at radius 3 is 2.29 bits per heavy atom. The number of rotatable bonds is 14. The van der Waals surface area contributed by atoms with Crippen LogP contribution in [0.2, 0.25) is 0 Å². The second-order valence-electron chi connectivity index (χ2n) is 13.7. The maximum Gasteiger partial charge on any atom is 0.489 e. The van der Waals surface area contributed by atoms with Crippen molar-refractivity contribution in [3.63, 3.8) is 0 Å². The van der Waals surface area contributed by atoms with Crippen LogP contribution in [0.15, 0.2) is 50.6 Å². The van der Waals surface area contributed by atoms with Gasteiger partial charge in [0.2, 0.25) is 13.1 Å². The molecule has 4 rings (SSSR count). The van der Waals surface area contributed by atoms with Crippen LogP contribution in [0.25, 0.3) is 11.0 Å². The molecule has 1 aromatic carbocycles. The number of fused-ring (bicyclic) bond motifs is 1. The topological polar surface area (TPSA) is 264 Å². The number of carbonyl (C=O) groups is 2. The van der Waals surface area contributed by atoms with Crippen molar-refractivity contribution < 1.29 is 70.4 Å². The fraction of sp³-hybridized carbons (Fsp3) is 0.567. The highest BCUT2D eigenvalue weighted by atomic mass is 31.3. The first-order chi connectivity index (χ1) is 24.0. The van der Waals surface area contributed by atoms with Crippen molar-refractivity contribution in [2.75, 3.05) is 13.4 Å². The monoisotopic (exact) mass is 777 g/mol. The largest absolute Gasteiger partial charge is 0.489 e. The Morgan fingerprint density at radius 2 is 1.63 bits per heavy atom. The molecule has 1 fully saturated rings. The highest BCUT2D eigenvalue weighted by Crippen LogP contribution is 2.64. The number of hydrogen-bond acceptors (Lipinski definition) is 17. The number of benzene rings is 1. The summed E-state index contributed by atoms with van der Waals surface area (Å²) in [4.78, 5) is 61.0. The van der Waals surface area contributed by atoms with Crippen molar-refractivity contribution in [1.29, 1.82) is 0 Å². The minimum Gasteiger partial charge on any atom is -0.437 e. The molecule has 0 bridgehead atoms. The van der Waals surface area contributed by atoms with Gasteiger partial charge in [-0.1, -0.05) is 17.3 Å². The summed E-state index contributed by atoms with van der Waals surface area (Å²) in [6.45, 7) is 7.80. The third kappa shape index (κ3) is 10.1. The number of carbonyl (C=O) groups excluding carboxylic acids is 2. The van der Waals surface area contributed by atoms with Crippen molar-refractivity contribution in [3.8, 4) is 0 Å². The van der Waals surface area contributed by atoms with E-state index in [4.69, 9.17) is 36.6 Å². The lowest BCUT2D eigenvalue weighted by atomic mass is 9.97. The van der Waals surface area contributed by atoms with E-state index in [9.17, 15) is 43.4 Å². The van der Waals surface area contributed by atoms with E-state index in [1.807, 2.05) is 0 Å². The number of aliphatic hydroxyl groups excluding tert-OH is 2. The summed E-state index contributed by atoms with van der Waals surface area (Å²) in [5.74, 6) is -1.62. The van der Waals surface area contributed by atoms with Crippen LogP contribution in [0.5, 0.6) is 0 Å². The summed E-state index contributed by atoms with van der Waals surface area (Å²) in [6.07, 6.45) is -7.53. The lowest BCUT2D eigenvalue weighted by molar-refractivity contribution is -0.173. The van der Waals surface area contributed by atoms with Gasteiger partial charge >= 0.3 is 33.3 Å². The molecule has 0 aliphatic carbocycles. The fourth-order valence-electron chi connectivity index (χ4n) is 4.45. The number of ether oxygens (including phenoxy) is 3. The van der Waals surface area contributed by atoms with E-state index in [0.717, 1.165) is 28.3 Å². The molecule has 1 saturated heterocycles. The van der Waals surface area contributed by atoms with Crippen LogP contribution in [0, 0.1) is 10.8 Å². The second kappa shape index (κ2) is 15.8. The minimum atomic E-state index is -5.50. The molecule has 1 aliphatic heterocycles. The zero-order valence-electron chi connectivity index (χ0n) is 29.3. The quantitative estimate of drug-likeness (QED) is 0.121. The van der Waals surface area contributed by atoms with Crippen molar-refractivity contribution >= 4 is 38.6 Å². The Morgan fingerprint density at radius 1 is 0.981 bits per heavy atom. The smallest absolute Gasteiger partial charge is 0.437 e. The highest BCUT2D eigenvalue weighted by Gasteiger charge is 2.47. The molecule has 52 heavy (non-hydrogen) atoms. The maximum atomic E-state index is 13.5. The molecule has 20 nitrogen and oxygen atoms in total. The van der Waals surface area contributed by atoms with Gasteiger partial charge in [0.05, 0.1) is 24.0 Å². The molecule has 5 unspecified atom stereocenters. The van der Waals surface area contributed by atoms with Gasteiger partial charge in [-0.15, -0.1) is 0 Å². The standard InChI is InChI=1S/C30H41N3O17P2/c1-17(46-27(38)30(5,6)7)49-52(42,45-16-43-26(37)29(2,3)4)50-51(40,41)44-15-21-23(35)24(36)25(47-21)32-13-12-22(34)33(28(32)39)14-19-18-10-8-9-11-20(18)48-31-19/h8-13,17,21,23-25,35-36H,14-16H2,1-7H3,(H,40,41)/t17?,21-,23?,24?,25-,52?/m1/s1. The van der Waals surface area contributed by atoms with E-state index in [1.54, 1.807) is 24.3 Å². The van der Waals surface area contributed by atoms with Gasteiger partial charge in [-0.05, 0) is 60.6 Å². The number of aliphatic hydroxyl groups is 2. The van der Waals surface area contributed by atoms with Crippen LogP contribution in [0.1, 0.15) is 60.4 Å². The average Bonchev–Trinajstić information content (AvgIpc) is 3.56. The molecule has 3 N–H and O–H groups in total. The van der Waals surface area contributed by atoms with Gasteiger partial charge in [-0.2, -0.15) is 4.31 Å². The molecule has 2 aromatic heterocycles. The highest BCUT2D eigenvalue weighted by molar-refractivity contribution is 7.61. The predicted octanol–water partition coefficient (Wildman–Crippen LogP) is 2.58. The molecule has 3 heterocycles. The van der Waals surface area contributed by atoms with Crippen LogP contribution in [0.3, 0.4) is 0 Å². The summed E-state index contributed by atoms with van der Waals surface area (Å²) < 4.78 is 68.4. The molecule has 288 valence electrons. The summed E-state index contributed by atoms with van der Waals surface area (Å²) in [5, 5.41) is 25.9. The van der Waals surface area contributed by atoms with Gasteiger partial charge in [0.15, 0.2) is 11.8 Å². The van der Waals surface area contributed by atoms with Crippen LogP contribution in [-0.2, 0) is 57.4 Å². The normalized spacial score (nSPS) is 22.4. The van der Waals surface area contributed by atoms with Gasteiger partial charge < -0.3 is 33.8 Å². The predicted molar refractivity (Wildman–Crippen MR) is 176 cm³/mol. The number of phosphoric acid groups is 2. The molecule has 7 atom stereocenters. The maximum absolute atomic E-state index is 13.5. The molecule has 1 aliphatic rings. The molecule has 0 radical (unpaired) electrons. The molecule has 0 saturated carbocycles. The Balaban J connectivity index is 1.47. The third-order valence-corrected chi connectivity index (χ3v) is 10.3. The van der Waals surface area contributed by atoms with E-state index < -0.39 is 93.9 Å². The van der Waals surface area contributed by atoms with Gasteiger partial charge in [0.25, 0.3) is 5.56 Å². The Bertz CT molecular complexity index is 1980. The van der Waals surface area contributed by atoms with Gasteiger partial charge in [0, 0.05) is 17.6 Å². The second-order valence-corrected chi connectivity index (χ2v) is 16.9. The van der Waals surface area contributed by atoms with Crippen molar-refractivity contribution in [1.82, 2.24) is 14.3 Å². The van der Waals surface area contributed by atoms with E-state index in [-0.39, 0.29) is 12.2 Å². The van der Waals surface area contributed by atoms with Crippen molar-refractivity contribution in [2.45, 2.75) is 85.8 Å². The minimum absolute atomic E-state index is 0.268. The lowest BCUT2D eigenvalue weighted by Crippen LogP contribution is -2.43. The molecular weight excluding hydrogens is 736 g/mol. The Kier molecular flexibility index (Phi) is 12.5. The van der Waals surface area contributed by atoms with Crippen molar-refractivity contribution in [3.05, 3.63) is 63.1 Å². The van der Waals surface area contributed by atoms with Gasteiger partial charge in [0.1, 0.15) is 24.0 Å². The molecule has 0 spiro atoms. The first-order valence-electron chi connectivity index (χ1n) is 15.7. The average molecular weight is 778 g/mol. The van der Waals surface area contributed by atoms with Crippen LogP contribution in [-0.4, -0.2) is 79.3 Å². The zero-order chi connectivity index (χ0) is 38.8. The molecular formula is C30H41N3O17P2. The summed E-state index contributed by atoms with van der Waals surface area (Å²) in [7, 11) is -10.8. The van der Waals surface area contributed by atoms with Crippen LogP contribution in [0.4, 0.5) is 0 Å². The van der Waals surface area contributed by atoms with E-state index in [1.165, 1.54) is 41.5 Å². The number of aromatic nitrogens is 3. The number of para-hydroxylation sites is 1. The van der Waals surface area contributed by atoms with Crippen molar-refractivity contribution in [2.24, 2.45) is 10.8 Å². The van der Waals surface area contributed by atoms with Crippen LogP contribution < -0.4 is 11.2 Å². The first kappa shape index (κ1) is 41.2. The Hall–Kier alpha value is -3.55. The third-order valence-electron chi connectivity index (χ3n) is 7.25. The lowest BCUT2D eigenvalue weighted by Gasteiger charge is -2.26. The van der Waals surface area contributed by atoms with Gasteiger partial charge in [-0.25, -0.2) is 23.0 Å². The number of phosphoric ester groups is 2. The van der Waals surface area contributed by atoms with Gasteiger partial charge in [-0.3, -0.25) is 28.0 Å². The van der Waals surface area contributed by atoms with Crippen LogP contribution >= 0.6 is 15.6 Å². The van der Waals surface area contributed by atoms with E-state index >= 15 is 0 Å². The zero-order valence-corrected chi connectivity index (χ0v) is 31.1. The summed E-state index contributed by atoms with van der Waals surface area (Å²) >= 11 is 0. The SMILES string of the molecule is CC(OC(=O)C(C)(C)C)OP(=O)(OCOC(=O)C(C)(C)C)OP(=O)(O)OC[C@H]1O[C@@H](n2ccc(=O)n(Cc3noc4ccccc34)c2=O)C(O)C1O. The van der Waals surface area contributed by atoms with E-state index in [2.05, 4.69) is 5.16 Å². The first-order valence-corrected chi connectivity index (χ1v) is 18.6. The fourth-order valence-corrected chi connectivity index (χ4v) is 6.98. The number of nitrogens with zero attached hydrogens (tertiary/aromatic N) is 3. The number of esters is 2. The Labute approximate surface area is 296 Å². The molecule has 22 heteroatoms.